The summed E-state index contributed by atoms with van der Waals surface area (Å²) < 4.78 is 9.24. The minimum absolute atomic E-state index is 0.565. The molecule has 0 bridgehead atoms. The summed E-state index contributed by atoms with van der Waals surface area (Å²) in [6, 6.07) is 72.2. The van der Waals surface area contributed by atoms with Crippen LogP contribution in [0.15, 0.2) is 211 Å². The molecule has 0 spiro atoms. The molecule has 61 heavy (non-hydrogen) atoms. The van der Waals surface area contributed by atoms with Crippen LogP contribution in [0.3, 0.4) is 0 Å². The monoisotopic (exact) mass is 798 g/mol. The van der Waals surface area contributed by atoms with E-state index in [1.807, 2.05) is 53.8 Å². The average Bonchev–Trinajstić information content (AvgIpc) is 3.90. The van der Waals surface area contributed by atoms with Crippen molar-refractivity contribution in [2.24, 2.45) is 0 Å². The Kier molecular flexibility index (Phi) is 8.28. The number of anilines is 3. The molecule has 9 aromatic carbocycles. The van der Waals surface area contributed by atoms with Gasteiger partial charge in [-0.3, -0.25) is 0 Å². The molecule has 0 unspecified atom stereocenters. The number of para-hydroxylation sites is 1. The van der Waals surface area contributed by atoms with Gasteiger partial charge in [-0.2, -0.15) is 0 Å². The lowest BCUT2D eigenvalue weighted by Crippen LogP contribution is -2.10. The Morgan fingerprint density at radius 3 is 1.79 bits per heavy atom. The zero-order chi connectivity index (χ0) is 40.3. The summed E-state index contributed by atoms with van der Waals surface area (Å²) >= 11 is 1.82. The van der Waals surface area contributed by atoms with Gasteiger partial charge in [0.1, 0.15) is 11.2 Å². The van der Waals surface area contributed by atoms with E-state index in [2.05, 4.69) is 169 Å². The summed E-state index contributed by atoms with van der Waals surface area (Å²) in [6.07, 6.45) is 0. The number of aromatic nitrogens is 3. The van der Waals surface area contributed by atoms with Crippen molar-refractivity contribution in [3.63, 3.8) is 0 Å². The summed E-state index contributed by atoms with van der Waals surface area (Å²) in [4.78, 5) is 18.0. The van der Waals surface area contributed by atoms with E-state index >= 15 is 0 Å². The highest BCUT2D eigenvalue weighted by molar-refractivity contribution is 7.25. The van der Waals surface area contributed by atoms with Gasteiger partial charge in [0.05, 0.1) is 5.69 Å². The Bertz CT molecular complexity index is 3600. The minimum Gasteiger partial charge on any atom is -0.456 e. The Hall–Kier alpha value is -7.93. The second kappa shape index (κ2) is 14.4. The van der Waals surface area contributed by atoms with Crippen molar-refractivity contribution in [3.05, 3.63) is 206 Å². The van der Waals surface area contributed by atoms with Crippen LogP contribution in [0.1, 0.15) is 0 Å². The van der Waals surface area contributed by atoms with Gasteiger partial charge in [0.15, 0.2) is 17.5 Å². The fourth-order valence-electron chi connectivity index (χ4n) is 8.55. The number of benzene rings is 9. The van der Waals surface area contributed by atoms with Gasteiger partial charge in [0, 0.05) is 65.1 Å². The molecule has 0 saturated heterocycles. The fraction of sp³-hybridized carbons (Fsp3) is 0. The number of thiophene rings is 1. The van der Waals surface area contributed by atoms with Gasteiger partial charge in [-0.1, -0.05) is 152 Å². The lowest BCUT2D eigenvalue weighted by atomic mass is 10.0. The van der Waals surface area contributed by atoms with E-state index < -0.39 is 0 Å². The third kappa shape index (κ3) is 6.20. The molecule has 0 radical (unpaired) electrons. The van der Waals surface area contributed by atoms with Crippen molar-refractivity contribution in [1.29, 1.82) is 0 Å². The largest absolute Gasteiger partial charge is 0.456 e. The van der Waals surface area contributed by atoms with Crippen LogP contribution >= 0.6 is 11.3 Å². The second-order valence-corrected chi connectivity index (χ2v) is 16.3. The van der Waals surface area contributed by atoms with Gasteiger partial charge in [0.2, 0.25) is 0 Å². The van der Waals surface area contributed by atoms with Gasteiger partial charge in [-0.25, -0.2) is 15.0 Å². The van der Waals surface area contributed by atoms with Crippen molar-refractivity contribution in [3.8, 4) is 45.3 Å². The third-order valence-corrected chi connectivity index (χ3v) is 12.6. The van der Waals surface area contributed by atoms with Crippen molar-refractivity contribution >= 4 is 81.3 Å². The SMILES string of the molecule is c1ccc(-c2ccc(N(c3cc(-c4nc(-c5ccccc5)nc(-c5ccc6ccccc6c5)n4)c4c(c3)oc3ccccc34)c3ccc4c(c3)sc3ccccc34)cc2)cc1. The molecule has 6 heteroatoms. The number of furan rings is 1. The number of hydrogen-bond donors (Lipinski definition) is 0. The zero-order valence-corrected chi connectivity index (χ0v) is 33.6. The first-order valence-electron chi connectivity index (χ1n) is 20.3. The summed E-state index contributed by atoms with van der Waals surface area (Å²) in [5.74, 6) is 1.77. The first-order valence-corrected chi connectivity index (χ1v) is 21.2. The molecule has 0 aliphatic heterocycles. The van der Waals surface area contributed by atoms with Crippen molar-refractivity contribution < 1.29 is 4.42 Å². The zero-order valence-electron chi connectivity index (χ0n) is 32.7. The first-order chi connectivity index (χ1) is 30.2. The molecule has 0 atom stereocenters. The number of rotatable bonds is 7. The van der Waals surface area contributed by atoms with Crippen LogP contribution in [0, 0.1) is 0 Å². The molecular weight excluding hydrogens is 765 g/mol. The highest BCUT2D eigenvalue weighted by atomic mass is 32.1. The molecule has 5 nitrogen and oxygen atoms in total. The predicted molar refractivity (Wildman–Crippen MR) is 254 cm³/mol. The van der Waals surface area contributed by atoms with Gasteiger partial charge in [-0.05, 0) is 70.4 Å². The van der Waals surface area contributed by atoms with Crippen LogP contribution in [0.5, 0.6) is 0 Å². The van der Waals surface area contributed by atoms with E-state index in [4.69, 9.17) is 19.4 Å². The molecule has 12 aromatic rings. The van der Waals surface area contributed by atoms with Crippen molar-refractivity contribution in [2.75, 3.05) is 4.90 Å². The van der Waals surface area contributed by atoms with Crippen LogP contribution in [-0.4, -0.2) is 15.0 Å². The summed E-state index contributed by atoms with van der Waals surface area (Å²) in [5, 5.41) is 6.75. The van der Waals surface area contributed by atoms with E-state index in [9.17, 15) is 0 Å². The van der Waals surface area contributed by atoms with Gasteiger partial charge >= 0.3 is 0 Å². The predicted octanol–water partition coefficient (Wildman–Crippen LogP) is 15.4. The van der Waals surface area contributed by atoms with Crippen LogP contribution in [0.4, 0.5) is 17.1 Å². The van der Waals surface area contributed by atoms with Gasteiger partial charge in [0.25, 0.3) is 0 Å². The lowest BCUT2D eigenvalue weighted by molar-refractivity contribution is 0.669. The maximum absolute atomic E-state index is 6.75. The van der Waals surface area contributed by atoms with E-state index in [0.717, 1.165) is 72.0 Å². The normalized spacial score (nSPS) is 11.6. The van der Waals surface area contributed by atoms with Crippen LogP contribution in [-0.2, 0) is 0 Å². The summed E-state index contributed by atoms with van der Waals surface area (Å²) in [7, 11) is 0. The highest BCUT2D eigenvalue weighted by Crippen LogP contribution is 2.45. The standard InChI is InChI=1S/C55H34N4OS/c1-3-13-35(14-4-1)37-25-27-41(28-26-37)59(42-29-30-45-44-19-10-12-22-50(44)61-51(45)34-42)43-32-47(52-46-20-9-11-21-48(46)60-49(52)33-43)55-57-53(38-16-5-2-6-17-38)56-54(58-55)40-24-23-36-15-7-8-18-39(36)31-40/h1-34H. The number of fused-ring (bicyclic) bond motifs is 7. The van der Waals surface area contributed by atoms with E-state index in [1.54, 1.807) is 0 Å². The molecule has 0 aliphatic carbocycles. The Balaban J connectivity index is 1.11. The van der Waals surface area contributed by atoms with Crippen LogP contribution < -0.4 is 4.90 Å². The molecule has 3 heterocycles. The van der Waals surface area contributed by atoms with Gasteiger partial charge in [-0.15, -0.1) is 11.3 Å². The van der Waals surface area contributed by atoms with E-state index in [0.29, 0.717) is 17.5 Å². The fourth-order valence-corrected chi connectivity index (χ4v) is 9.69. The van der Waals surface area contributed by atoms with E-state index in [-0.39, 0.29) is 0 Å². The molecule has 0 saturated carbocycles. The maximum Gasteiger partial charge on any atom is 0.164 e. The molecule has 0 N–H and O–H groups in total. The smallest absolute Gasteiger partial charge is 0.164 e. The summed E-state index contributed by atoms with van der Waals surface area (Å²) in [5.41, 5.74) is 9.52. The van der Waals surface area contributed by atoms with Crippen molar-refractivity contribution in [1.82, 2.24) is 15.0 Å². The third-order valence-electron chi connectivity index (χ3n) is 11.5. The maximum atomic E-state index is 6.75. The number of nitrogens with zero attached hydrogens (tertiary/aromatic N) is 4. The second-order valence-electron chi connectivity index (χ2n) is 15.2. The van der Waals surface area contributed by atoms with Crippen LogP contribution in [0.25, 0.3) is 98.2 Å². The highest BCUT2D eigenvalue weighted by Gasteiger charge is 2.23. The first kappa shape index (κ1) is 35.1. The molecule has 286 valence electrons. The molecule has 0 amide bonds. The van der Waals surface area contributed by atoms with Crippen molar-refractivity contribution in [2.45, 2.75) is 0 Å². The quantitative estimate of drug-likeness (QED) is 0.161. The van der Waals surface area contributed by atoms with E-state index in [1.165, 1.54) is 25.7 Å². The van der Waals surface area contributed by atoms with Crippen LogP contribution in [0.2, 0.25) is 0 Å². The molecular formula is C55H34N4OS. The summed E-state index contributed by atoms with van der Waals surface area (Å²) in [6.45, 7) is 0. The topological polar surface area (TPSA) is 55.1 Å². The molecule has 0 aliphatic rings. The Labute approximate surface area is 355 Å². The molecule has 3 aromatic heterocycles. The average molecular weight is 799 g/mol. The molecule has 0 fully saturated rings. The lowest BCUT2D eigenvalue weighted by Gasteiger charge is -2.26. The van der Waals surface area contributed by atoms with Gasteiger partial charge < -0.3 is 9.32 Å². The Morgan fingerprint density at radius 1 is 0.361 bits per heavy atom. The minimum atomic E-state index is 0.565. The molecule has 12 rings (SSSR count). The number of hydrogen-bond acceptors (Lipinski definition) is 6. The Morgan fingerprint density at radius 2 is 0.967 bits per heavy atom.